The fourth-order valence-electron chi connectivity index (χ4n) is 12.1. The maximum absolute atomic E-state index is 10.9. The summed E-state index contributed by atoms with van der Waals surface area (Å²) >= 11 is 1.93. The van der Waals surface area contributed by atoms with Gasteiger partial charge in [0.25, 0.3) is 6.71 Å². The van der Waals surface area contributed by atoms with E-state index in [1.54, 1.807) is 0 Å². The number of hydrogen-bond acceptors (Lipinski definition) is 5. The predicted octanol–water partition coefficient (Wildman–Crippen LogP) is 12.8. The van der Waals surface area contributed by atoms with Gasteiger partial charge in [-0.1, -0.05) is 127 Å². The zero-order chi connectivity index (χ0) is 42.9. The summed E-state index contributed by atoms with van der Waals surface area (Å²) in [4.78, 5) is 10.3. The molecule has 0 saturated heterocycles. The minimum Gasteiger partial charge on any atom is -0.311 e. The van der Waals surface area contributed by atoms with Crippen molar-refractivity contribution < 1.29 is 0 Å². The van der Waals surface area contributed by atoms with Crippen LogP contribution in [-0.4, -0.2) is 11.7 Å². The van der Waals surface area contributed by atoms with Crippen LogP contribution in [0.15, 0.2) is 78.9 Å². The van der Waals surface area contributed by atoms with Crippen molar-refractivity contribution in [2.24, 2.45) is 0 Å². The number of pyridine rings is 1. The van der Waals surface area contributed by atoms with E-state index < -0.39 is 0 Å². The first kappa shape index (κ1) is 39.3. The lowest BCUT2D eigenvalue weighted by Crippen LogP contribution is -2.61. The molecule has 0 N–H and O–H groups in total. The molecule has 0 fully saturated rings. The summed E-state index contributed by atoms with van der Waals surface area (Å²) in [5.41, 5.74) is 17.1. The monoisotopic (exact) mass is 806 g/mol. The Morgan fingerprint density at radius 1 is 0.617 bits per heavy atom. The maximum Gasteiger partial charge on any atom is 0.266 e. The highest BCUT2D eigenvalue weighted by Crippen LogP contribution is 2.55. The van der Waals surface area contributed by atoms with Gasteiger partial charge < -0.3 is 4.90 Å². The molecule has 10 rings (SSSR count). The van der Waals surface area contributed by atoms with Crippen molar-refractivity contribution in [1.29, 1.82) is 5.26 Å². The Kier molecular flexibility index (Phi) is 7.96. The van der Waals surface area contributed by atoms with Gasteiger partial charge in [-0.2, -0.15) is 5.26 Å². The molecule has 2 aliphatic heterocycles. The summed E-state index contributed by atoms with van der Waals surface area (Å²) in [5.74, 6) is 0.851. The first-order valence-corrected chi connectivity index (χ1v) is 22.8. The summed E-state index contributed by atoms with van der Waals surface area (Å²) in [5, 5.41) is 12.1. The molecular weight excluding hydrogens is 748 g/mol. The molecule has 2 aromatic heterocycles. The largest absolute Gasteiger partial charge is 0.311 e. The predicted molar refractivity (Wildman–Crippen MR) is 257 cm³/mol. The molecule has 0 spiro atoms. The molecule has 304 valence electrons. The highest BCUT2D eigenvalue weighted by molar-refractivity contribution is 7.33. The van der Waals surface area contributed by atoms with Crippen LogP contribution in [0.4, 0.5) is 34.3 Å². The molecule has 4 nitrogen and oxygen atoms in total. The Hall–Kier alpha value is -4.86. The number of hydrogen-bond donors (Lipinski definition) is 0. The van der Waals surface area contributed by atoms with Crippen LogP contribution in [0.1, 0.15) is 149 Å². The fourth-order valence-corrected chi connectivity index (χ4v) is 13.4. The second-order valence-electron chi connectivity index (χ2n) is 23.1. The number of benzene rings is 4. The summed E-state index contributed by atoms with van der Waals surface area (Å²) in [7, 11) is 0. The van der Waals surface area contributed by atoms with Gasteiger partial charge in [0.15, 0.2) is 0 Å². The first-order chi connectivity index (χ1) is 27.9. The van der Waals surface area contributed by atoms with Gasteiger partial charge in [0.05, 0.1) is 5.69 Å². The minimum atomic E-state index is -0.0632. The Balaban J connectivity index is 1.34. The number of nitrogens with zero attached hydrogens (tertiary/aromatic N) is 4. The normalized spacial score (nSPS) is 18.8. The van der Waals surface area contributed by atoms with Crippen molar-refractivity contribution in [2.45, 2.75) is 142 Å². The molecule has 0 atom stereocenters. The summed E-state index contributed by atoms with van der Waals surface area (Å²) in [6.45, 7) is 32.9. The van der Waals surface area contributed by atoms with E-state index in [4.69, 9.17) is 4.98 Å². The number of aromatic nitrogens is 1. The van der Waals surface area contributed by atoms with Crippen molar-refractivity contribution in [3.63, 3.8) is 0 Å². The molecule has 0 radical (unpaired) electrons. The number of nitriles is 1. The summed E-state index contributed by atoms with van der Waals surface area (Å²) in [6, 6.07) is 33.1. The van der Waals surface area contributed by atoms with E-state index in [2.05, 4.69) is 192 Å². The van der Waals surface area contributed by atoms with Crippen LogP contribution in [0.3, 0.4) is 0 Å². The Morgan fingerprint density at radius 2 is 1.18 bits per heavy atom. The fraction of sp³-hybridized carbons (Fsp3) is 0.407. The van der Waals surface area contributed by atoms with Crippen molar-refractivity contribution in [1.82, 2.24) is 4.98 Å². The Labute approximate surface area is 362 Å². The molecule has 0 amide bonds. The van der Waals surface area contributed by atoms with Crippen LogP contribution in [-0.2, 0) is 32.5 Å². The van der Waals surface area contributed by atoms with Crippen molar-refractivity contribution >= 4 is 78.1 Å². The SMILES string of the molecule is CC(C)(C)c1ccc(N2c3nc(C#N)cc4c3B(c3cc5c(cc3N4c3ccc4c(c3)C(C)(C)CC4(C)C)C(C)(C)CC5(C)C)c3sc4ccc(C(C)(C)C)cc4c32)cc1. The molecule has 0 unspecified atom stereocenters. The zero-order valence-electron chi connectivity index (χ0n) is 38.2. The molecule has 2 aliphatic carbocycles. The topological polar surface area (TPSA) is 43.2 Å². The van der Waals surface area contributed by atoms with Crippen LogP contribution in [0.5, 0.6) is 0 Å². The van der Waals surface area contributed by atoms with E-state index in [0.717, 1.165) is 35.7 Å². The molecule has 6 aromatic rings. The average Bonchev–Trinajstić information content (AvgIpc) is 3.69. The molecule has 60 heavy (non-hydrogen) atoms. The van der Waals surface area contributed by atoms with Crippen LogP contribution >= 0.6 is 11.3 Å². The number of fused-ring (bicyclic) bond motifs is 8. The van der Waals surface area contributed by atoms with Crippen LogP contribution < -0.4 is 25.5 Å². The van der Waals surface area contributed by atoms with Crippen molar-refractivity contribution in [2.75, 3.05) is 9.80 Å². The van der Waals surface area contributed by atoms with Gasteiger partial charge in [-0.25, -0.2) is 4.98 Å². The summed E-state index contributed by atoms with van der Waals surface area (Å²) < 4.78 is 2.61. The quantitative estimate of drug-likeness (QED) is 0.163. The molecule has 4 aromatic carbocycles. The van der Waals surface area contributed by atoms with Crippen molar-refractivity contribution in [3.8, 4) is 6.07 Å². The summed E-state index contributed by atoms with van der Waals surface area (Å²) in [6.07, 6.45) is 2.19. The standard InChI is InChI=1S/C54H59BN4S/c1-49(2,3)31-15-18-34(19-16-31)59-46-36-23-32(50(4,5)6)17-22-44(36)60-47(46)55-41-26-39-40(54(13,14)30-53(39,11)12)27-42(41)58(43-24-33(28-56)57-48(59)45(43)55)35-20-21-37-38(25-35)52(9,10)29-51(37,7)8/h15-27H,29-30H2,1-14H3. The number of anilines is 6. The number of rotatable bonds is 2. The van der Waals surface area contributed by atoms with Gasteiger partial charge in [-0.05, 0) is 138 Å². The Bertz CT molecular complexity index is 2870. The third-order valence-corrected chi connectivity index (χ3v) is 15.8. The highest BCUT2D eigenvalue weighted by Gasteiger charge is 2.50. The van der Waals surface area contributed by atoms with Crippen LogP contribution in [0, 0.1) is 11.3 Å². The second-order valence-corrected chi connectivity index (χ2v) is 24.2. The third kappa shape index (κ3) is 5.56. The van der Waals surface area contributed by atoms with Crippen LogP contribution in [0.25, 0.3) is 10.1 Å². The van der Waals surface area contributed by atoms with E-state index in [0.29, 0.717) is 5.69 Å². The van der Waals surface area contributed by atoms with Crippen molar-refractivity contribution in [3.05, 3.63) is 118 Å². The van der Waals surface area contributed by atoms with Gasteiger partial charge in [0.2, 0.25) is 0 Å². The molecule has 4 aliphatic rings. The smallest absolute Gasteiger partial charge is 0.266 e. The maximum atomic E-state index is 10.9. The lowest BCUT2D eigenvalue weighted by Gasteiger charge is -2.43. The first-order valence-electron chi connectivity index (χ1n) is 22.0. The Morgan fingerprint density at radius 3 is 1.80 bits per heavy atom. The van der Waals surface area contributed by atoms with Gasteiger partial charge in [0.1, 0.15) is 17.6 Å². The van der Waals surface area contributed by atoms with E-state index in [9.17, 15) is 5.26 Å². The highest BCUT2D eigenvalue weighted by atomic mass is 32.1. The molecule has 0 saturated carbocycles. The number of thiophene rings is 1. The van der Waals surface area contributed by atoms with Gasteiger partial charge >= 0.3 is 0 Å². The van der Waals surface area contributed by atoms with E-state index >= 15 is 0 Å². The minimum absolute atomic E-state index is 0.0119. The molecule has 4 heterocycles. The molecule has 0 bridgehead atoms. The lowest BCUT2D eigenvalue weighted by molar-refractivity contribution is 0.403. The van der Waals surface area contributed by atoms with E-state index in [1.807, 2.05) is 11.3 Å². The van der Waals surface area contributed by atoms with Crippen LogP contribution in [0.2, 0.25) is 0 Å². The average molecular weight is 807 g/mol. The molecule has 6 heteroatoms. The van der Waals surface area contributed by atoms with E-state index in [1.165, 1.54) is 70.5 Å². The van der Waals surface area contributed by atoms with Gasteiger partial charge in [0, 0.05) is 37.6 Å². The van der Waals surface area contributed by atoms with Gasteiger partial charge in [-0.15, -0.1) is 11.3 Å². The molecular formula is C54H59BN4S. The van der Waals surface area contributed by atoms with E-state index in [-0.39, 0.29) is 39.2 Å². The third-order valence-electron chi connectivity index (χ3n) is 14.6. The van der Waals surface area contributed by atoms with Gasteiger partial charge in [-0.3, -0.25) is 4.90 Å². The zero-order valence-corrected chi connectivity index (χ0v) is 39.0. The lowest BCUT2D eigenvalue weighted by atomic mass is 9.36. The second kappa shape index (κ2) is 12.2.